The third-order valence-corrected chi connectivity index (χ3v) is 3.25. The highest BCUT2D eigenvalue weighted by Gasteiger charge is 2.13. The lowest BCUT2D eigenvalue weighted by atomic mass is 10.3. The molecule has 0 fully saturated rings. The summed E-state index contributed by atoms with van der Waals surface area (Å²) in [5, 5.41) is 4.02. The van der Waals surface area contributed by atoms with E-state index in [1.165, 1.54) is 17.1 Å². The predicted octanol–water partition coefficient (Wildman–Crippen LogP) is 1.32. The van der Waals surface area contributed by atoms with Crippen molar-refractivity contribution < 1.29 is 13.2 Å². The van der Waals surface area contributed by atoms with Gasteiger partial charge in [-0.1, -0.05) is 22.0 Å². The van der Waals surface area contributed by atoms with Crippen molar-refractivity contribution in [3.8, 4) is 5.69 Å². The van der Waals surface area contributed by atoms with Crippen LogP contribution >= 0.6 is 15.9 Å². The number of hydrogen-bond donors (Lipinski definition) is 1. The van der Waals surface area contributed by atoms with Crippen molar-refractivity contribution in [3.63, 3.8) is 0 Å². The second kappa shape index (κ2) is 5.14. The number of carbonyl (C=O) groups excluding carboxylic acids is 1. The first-order valence-electron chi connectivity index (χ1n) is 5.18. The van der Waals surface area contributed by atoms with Crippen LogP contribution in [0.4, 0.5) is 0 Å². The molecule has 1 amide bonds. The van der Waals surface area contributed by atoms with Gasteiger partial charge in [0.2, 0.25) is 10.0 Å². The van der Waals surface area contributed by atoms with E-state index in [0.29, 0.717) is 0 Å². The number of hydrogen-bond acceptors (Lipinski definition) is 4. The van der Waals surface area contributed by atoms with E-state index in [4.69, 9.17) is 0 Å². The van der Waals surface area contributed by atoms with E-state index in [1.54, 1.807) is 0 Å². The summed E-state index contributed by atoms with van der Waals surface area (Å²) >= 11 is 3.34. The first-order chi connectivity index (χ1) is 8.85. The van der Waals surface area contributed by atoms with Crippen molar-refractivity contribution in [2.45, 2.75) is 0 Å². The Hall–Kier alpha value is -1.67. The number of amides is 1. The van der Waals surface area contributed by atoms with Crippen LogP contribution in [0, 0.1) is 0 Å². The molecule has 1 aromatic carbocycles. The molecule has 0 aliphatic rings. The highest BCUT2D eigenvalue weighted by Crippen LogP contribution is 2.15. The summed E-state index contributed by atoms with van der Waals surface area (Å²) in [5.41, 5.74) is 0.929. The molecule has 8 heteroatoms. The van der Waals surface area contributed by atoms with Gasteiger partial charge in [-0.3, -0.25) is 4.79 Å². The van der Waals surface area contributed by atoms with Crippen LogP contribution < -0.4 is 4.72 Å². The lowest BCUT2D eigenvalue weighted by Gasteiger charge is -2.01. The second-order valence-corrected chi connectivity index (χ2v) is 6.52. The molecule has 0 aliphatic carbocycles. The molecule has 0 spiro atoms. The minimum atomic E-state index is -3.58. The monoisotopic (exact) mass is 343 g/mol. The first kappa shape index (κ1) is 13.8. The lowest BCUT2D eigenvalue weighted by Crippen LogP contribution is -2.28. The Morgan fingerprint density at radius 2 is 2.16 bits per heavy atom. The van der Waals surface area contributed by atoms with Crippen molar-refractivity contribution in [1.82, 2.24) is 14.5 Å². The standard InChI is InChI=1S/C11H10BrN3O3S/c1-19(17,18)14-11(16)8-6-13-15(7-8)10-4-2-3-9(12)5-10/h2-7H,1H3,(H,14,16). The first-order valence-corrected chi connectivity index (χ1v) is 7.86. The predicted molar refractivity (Wildman–Crippen MR) is 73.6 cm³/mol. The number of aromatic nitrogens is 2. The van der Waals surface area contributed by atoms with Gasteiger partial charge in [-0.05, 0) is 18.2 Å². The van der Waals surface area contributed by atoms with Gasteiger partial charge in [0.15, 0.2) is 0 Å². The van der Waals surface area contributed by atoms with Crippen LogP contribution in [0.25, 0.3) is 5.69 Å². The Bertz CT molecular complexity index is 724. The number of halogens is 1. The van der Waals surface area contributed by atoms with Gasteiger partial charge in [0, 0.05) is 10.7 Å². The van der Waals surface area contributed by atoms with E-state index in [1.807, 2.05) is 29.0 Å². The van der Waals surface area contributed by atoms with E-state index in [-0.39, 0.29) is 5.56 Å². The van der Waals surface area contributed by atoms with Crippen molar-refractivity contribution in [3.05, 3.63) is 46.7 Å². The number of sulfonamides is 1. The Balaban J connectivity index is 2.27. The van der Waals surface area contributed by atoms with Crippen LogP contribution in [-0.4, -0.2) is 30.4 Å². The van der Waals surface area contributed by atoms with Gasteiger partial charge in [0.25, 0.3) is 5.91 Å². The zero-order valence-corrected chi connectivity index (χ0v) is 12.3. The van der Waals surface area contributed by atoms with E-state index < -0.39 is 15.9 Å². The molecule has 0 radical (unpaired) electrons. The molecule has 100 valence electrons. The summed E-state index contributed by atoms with van der Waals surface area (Å²) in [6, 6.07) is 7.34. The molecular formula is C11H10BrN3O3S. The van der Waals surface area contributed by atoms with Crippen LogP contribution in [0.5, 0.6) is 0 Å². The highest BCUT2D eigenvalue weighted by molar-refractivity contribution is 9.10. The van der Waals surface area contributed by atoms with E-state index >= 15 is 0 Å². The zero-order chi connectivity index (χ0) is 14.0. The van der Waals surface area contributed by atoms with Crippen LogP contribution in [-0.2, 0) is 10.0 Å². The molecule has 1 heterocycles. The van der Waals surface area contributed by atoms with E-state index in [0.717, 1.165) is 16.4 Å². The van der Waals surface area contributed by atoms with Crippen LogP contribution in [0.15, 0.2) is 41.1 Å². The molecule has 19 heavy (non-hydrogen) atoms. The van der Waals surface area contributed by atoms with Gasteiger partial charge in [-0.25, -0.2) is 17.8 Å². The Morgan fingerprint density at radius 1 is 1.42 bits per heavy atom. The molecule has 0 bridgehead atoms. The average molecular weight is 344 g/mol. The fourth-order valence-electron chi connectivity index (χ4n) is 1.43. The van der Waals surface area contributed by atoms with Crippen molar-refractivity contribution in [2.24, 2.45) is 0 Å². The molecule has 0 saturated carbocycles. The molecule has 0 unspecified atom stereocenters. The normalized spacial score (nSPS) is 11.3. The summed E-state index contributed by atoms with van der Waals surface area (Å²) in [7, 11) is -3.58. The van der Waals surface area contributed by atoms with Crippen LogP contribution in [0.1, 0.15) is 10.4 Å². The topological polar surface area (TPSA) is 81.1 Å². The quantitative estimate of drug-likeness (QED) is 0.911. The molecule has 2 aromatic rings. The summed E-state index contributed by atoms with van der Waals surface area (Å²) in [6.07, 6.45) is 3.69. The van der Waals surface area contributed by atoms with E-state index in [2.05, 4.69) is 21.0 Å². The Labute approximate surface area is 118 Å². The van der Waals surface area contributed by atoms with Gasteiger partial charge < -0.3 is 0 Å². The number of rotatable bonds is 3. The van der Waals surface area contributed by atoms with Crippen molar-refractivity contribution in [1.29, 1.82) is 0 Å². The highest BCUT2D eigenvalue weighted by atomic mass is 79.9. The van der Waals surface area contributed by atoms with E-state index in [9.17, 15) is 13.2 Å². The molecule has 6 nitrogen and oxygen atoms in total. The summed E-state index contributed by atoms with van der Waals surface area (Å²) < 4.78 is 26.2. The largest absolute Gasteiger partial charge is 0.268 e. The molecule has 0 aliphatic heterocycles. The molecule has 0 saturated heterocycles. The van der Waals surface area contributed by atoms with Gasteiger partial charge in [0.05, 0.1) is 23.7 Å². The van der Waals surface area contributed by atoms with Crippen molar-refractivity contribution in [2.75, 3.05) is 6.26 Å². The SMILES string of the molecule is CS(=O)(=O)NC(=O)c1cnn(-c2cccc(Br)c2)c1. The summed E-state index contributed by atoms with van der Waals surface area (Å²) in [4.78, 5) is 11.6. The number of benzene rings is 1. The lowest BCUT2D eigenvalue weighted by molar-refractivity contribution is 0.0981. The Kier molecular flexibility index (Phi) is 3.72. The van der Waals surface area contributed by atoms with Gasteiger partial charge in [-0.2, -0.15) is 5.10 Å². The summed E-state index contributed by atoms with van der Waals surface area (Å²) in [6.45, 7) is 0. The molecule has 1 N–H and O–H groups in total. The maximum absolute atomic E-state index is 11.6. The minimum absolute atomic E-state index is 0.172. The third-order valence-electron chi connectivity index (χ3n) is 2.20. The fraction of sp³-hybridized carbons (Fsp3) is 0.0909. The molecule has 2 rings (SSSR count). The second-order valence-electron chi connectivity index (χ2n) is 3.86. The third kappa shape index (κ3) is 3.65. The molecule has 0 atom stereocenters. The summed E-state index contributed by atoms with van der Waals surface area (Å²) in [5.74, 6) is -0.705. The maximum atomic E-state index is 11.6. The van der Waals surface area contributed by atoms with Crippen LogP contribution in [0.3, 0.4) is 0 Å². The maximum Gasteiger partial charge on any atom is 0.267 e. The smallest absolute Gasteiger partial charge is 0.267 e. The Morgan fingerprint density at radius 3 is 2.79 bits per heavy atom. The van der Waals surface area contributed by atoms with Crippen LogP contribution in [0.2, 0.25) is 0 Å². The zero-order valence-electron chi connectivity index (χ0n) is 9.87. The van der Waals surface area contributed by atoms with Crippen molar-refractivity contribution >= 4 is 31.9 Å². The van der Waals surface area contributed by atoms with Gasteiger partial charge >= 0.3 is 0 Å². The number of nitrogens with one attached hydrogen (secondary N) is 1. The molecule has 1 aromatic heterocycles. The minimum Gasteiger partial charge on any atom is -0.268 e. The fourth-order valence-corrected chi connectivity index (χ4v) is 2.27. The number of carbonyl (C=O) groups is 1. The average Bonchev–Trinajstić information content (AvgIpc) is 2.75. The van der Waals surface area contributed by atoms with Gasteiger partial charge in [-0.15, -0.1) is 0 Å². The molecular weight excluding hydrogens is 334 g/mol. The number of nitrogens with zero attached hydrogens (tertiary/aromatic N) is 2. The van der Waals surface area contributed by atoms with Gasteiger partial charge in [0.1, 0.15) is 0 Å².